The minimum atomic E-state index is -1.18. The summed E-state index contributed by atoms with van der Waals surface area (Å²) in [7, 11) is 1.20. The molecule has 2 aromatic carbocycles. The number of oxazole rings is 1. The van der Waals surface area contributed by atoms with Gasteiger partial charge in [-0.2, -0.15) is 0 Å². The second-order valence-corrected chi connectivity index (χ2v) is 6.05. The van der Waals surface area contributed by atoms with Gasteiger partial charge in [0.25, 0.3) is 0 Å². The van der Waals surface area contributed by atoms with Crippen LogP contribution in [-0.4, -0.2) is 24.0 Å². The smallest absolute Gasteiger partial charge is 0.351 e. The second kappa shape index (κ2) is 9.09. The zero-order valence-corrected chi connectivity index (χ0v) is 15.4. The Morgan fingerprint density at radius 1 is 1.14 bits per heavy atom. The van der Waals surface area contributed by atoms with Crippen LogP contribution in [0.3, 0.4) is 0 Å². The van der Waals surface area contributed by atoms with Gasteiger partial charge in [-0.1, -0.05) is 30.3 Å². The summed E-state index contributed by atoms with van der Waals surface area (Å²) < 4.78 is 42.2. The number of esters is 2. The lowest BCUT2D eigenvalue weighted by Gasteiger charge is -2.15. The van der Waals surface area contributed by atoms with Crippen LogP contribution >= 0.6 is 0 Å². The monoisotopic (exact) mass is 401 g/mol. The van der Waals surface area contributed by atoms with Gasteiger partial charge in [-0.3, -0.25) is 4.79 Å². The van der Waals surface area contributed by atoms with E-state index in [1.165, 1.54) is 19.4 Å². The van der Waals surface area contributed by atoms with Crippen molar-refractivity contribution >= 4 is 11.9 Å². The molecular formula is C21H17F2NO5. The molecular weight excluding hydrogens is 384 g/mol. The molecule has 0 saturated carbocycles. The van der Waals surface area contributed by atoms with Gasteiger partial charge in [0.1, 0.15) is 11.6 Å². The highest BCUT2D eigenvalue weighted by atomic mass is 19.1. The first-order valence-electron chi connectivity index (χ1n) is 8.70. The maximum atomic E-state index is 13.8. The summed E-state index contributed by atoms with van der Waals surface area (Å²) in [5.41, 5.74) is 0.542. The van der Waals surface area contributed by atoms with Gasteiger partial charge in [-0.15, -0.1) is 0 Å². The molecule has 3 aromatic rings. The van der Waals surface area contributed by atoms with Gasteiger partial charge in [0.05, 0.1) is 25.3 Å². The fourth-order valence-electron chi connectivity index (χ4n) is 2.63. The van der Waals surface area contributed by atoms with Crippen LogP contribution in [0.15, 0.2) is 59.1 Å². The van der Waals surface area contributed by atoms with E-state index in [9.17, 15) is 18.4 Å². The average Bonchev–Trinajstić information content (AvgIpc) is 3.19. The molecule has 0 aliphatic carbocycles. The third-order valence-corrected chi connectivity index (χ3v) is 4.06. The number of ether oxygens (including phenoxy) is 2. The van der Waals surface area contributed by atoms with Crippen LogP contribution in [0.1, 0.15) is 24.0 Å². The van der Waals surface area contributed by atoms with Gasteiger partial charge in [0, 0.05) is 18.1 Å². The molecule has 6 nitrogen and oxygen atoms in total. The van der Waals surface area contributed by atoms with E-state index in [1.54, 1.807) is 30.3 Å². The molecule has 150 valence electrons. The summed E-state index contributed by atoms with van der Waals surface area (Å²) >= 11 is 0. The maximum absolute atomic E-state index is 13.8. The first kappa shape index (κ1) is 20.2. The number of aromatic nitrogens is 1. The summed E-state index contributed by atoms with van der Waals surface area (Å²) in [5, 5.41) is 0. The Labute approximate surface area is 165 Å². The van der Waals surface area contributed by atoms with Crippen LogP contribution < -0.4 is 0 Å². The fourth-order valence-corrected chi connectivity index (χ4v) is 2.63. The fraction of sp³-hybridized carbons (Fsp3) is 0.190. The molecule has 3 rings (SSSR count). The van der Waals surface area contributed by atoms with E-state index >= 15 is 0 Å². The van der Waals surface area contributed by atoms with Crippen molar-refractivity contribution in [1.82, 2.24) is 4.98 Å². The largest absolute Gasteiger partial charge is 0.466 e. The zero-order chi connectivity index (χ0) is 20.8. The lowest BCUT2D eigenvalue weighted by atomic mass is 10.1. The summed E-state index contributed by atoms with van der Waals surface area (Å²) in [6.45, 7) is 0. The number of hydrogen-bond acceptors (Lipinski definition) is 6. The number of carbonyl (C=O) groups excluding carboxylic acids is 2. The zero-order valence-electron chi connectivity index (χ0n) is 15.4. The molecule has 0 amide bonds. The Bertz CT molecular complexity index is 1000. The third kappa shape index (κ3) is 5.04. The van der Waals surface area contributed by atoms with E-state index in [4.69, 9.17) is 13.9 Å². The molecule has 1 atom stereocenters. The van der Waals surface area contributed by atoms with Crippen LogP contribution in [0.5, 0.6) is 0 Å². The lowest BCUT2D eigenvalue weighted by molar-refractivity contribution is -0.166. The highest BCUT2D eigenvalue weighted by molar-refractivity contribution is 5.80. The molecule has 0 fully saturated rings. The molecule has 1 aromatic heterocycles. The molecule has 29 heavy (non-hydrogen) atoms. The molecule has 1 unspecified atom stereocenters. The van der Waals surface area contributed by atoms with E-state index < -0.39 is 29.7 Å². The number of hydrogen-bond donors (Lipinski definition) is 0. The van der Waals surface area contributed by atoms with Crippen LogP contribution in [0, 0.1) is 11.6 Å². The first-order chi connectivity index (χ1) is 14.0. The normalized spacial score (nSPS) is 11.7. The van der Waals surface area contributed by atoms with Crippen molar-refractivity contribution in [3.05, 3.63) is 77.8 Å². The van der Waals surface area contributed by atoms with E-state index in [-0.39, 0.29) is 30.1 Å². The molecule has 0 aliphatic heterocycles. The molecule has 1 heterocycles. The van der Waals surface area contributed by atoms with Gasteiger partial charge in [-0.25, -0.2) is 18.6 Å². The van der Waals surface area contributed by atoms with Crippen molar-refractivity contribution < 1.29 is 32.3 Å². The van der Waals surface area contributed by atoms with Crippen molar-refractivity contribution in [2.45, 2.75) is 18.9 Å². The van der Waals surface area contributed by atoms with Crippen LogP contribution in [0.25, 0.3) is 11.3 Å². The van der Waals surface area contributed by atoms with Crippen molar-refractivity contribution in [1.29, 1.82) is 0 Å². The molecule has 0 bridgehead atoms. The van der Waals surface area contributed by atoms with Crippen LogP contribution in [0.2, 0.25) is 0 Å². The number of rotatable bonds is 7. The molecule has 0 radical (unpaired) electrons. The number of methoxy groups -OCH3 is 1. The predicted octanol–water partition coefficient (Wildman–Crippen LogP) is 4.01. The SMILES string of the molecule is COC(=O)C(OC(=O)CCc1ncc(-c2ccc(F)cc2F)o1)c1ccccc1. The molecule has 0 saturated heterocycles. The number of nitrogens with zero attached hydrogens (tertiary/aromatic N) is 1. The lowest BCUT2D eigenvalue weighted by Crippen LogP contribution is -2.21. The summed E-state index contributed by atoms with van der Waals surface area (Å²) in [6.07, 6.45) is 0.0662. The first-order valence-corrected chi connectivity index (χ1v) is 8.70. The Morgan fingerprint density at radius 2 is 1.90 bits per heavy atom. The molecule has 0 spiro atoms. The van der Waals surface area contributed by atoms with E-state index in [0.29, 0.717) is 5.56 Å². The summed E-state index contributed by atoms with van der Waals surface area (Å²) in [4.78, 5) is 28.1. The summed E-state index contributed by atoms with van der Waals surface area (Å²) in [6, 6.07) is 11.6. The van der Waals surface area contributed by atoms with Crippen LogP contribution in [-0.2, 0) is 25.5 Å². The van der Waals surface area contributed by atoms with E-state index in [0.717, 1.165) is 12.1 Å². The van der Waals surface area contributed by atoms with Gasteiger partial charge < -0.3 is 13.9 Å². The number of aryl methyl sites for hydroxylation is 1. The maximum Gasteiger partial charge on any atom is 0.351 e. The van der Waals surface area contributed by atoms with Crippen LogP contribution in [0.4, 0.5) is 8.78 Å². The molecule has 0 aliphatic rings. The topological polar surface area (TPSA) is 78.6 Å². The Balaban J connectivity index is 1.63. The second-order valence-electron chi connectivity index (χ2n) is 6.05. The van der Waals surface area contributed by atoms with Gasteiger partial charge in [0.2, 0.25) is 6.10 Å². The van der Waals surface area contributed by atoms with Crippen molar-refractivity contribution in [2.75, 3.05) is 7.11 Å². The Morgan fingerprint density at radius 3 is 2.59 bits per heavy atom. The van der Waals surface area contributed by atoms with Crippen molar-refractivity contribution in [3.63, 3.8) is 0 Å². The van der Waals surface area contributed by atoms with Crippen molar-refractivity contribution in [3.8, 4) is 11.3 Å². The highest BCUT2D eigenvalue weighted by Gasteiger charge is 2.26. The van der Waals surface area contributed by atoms with Crippen molar-refractivity contribution in [2.24, 2.45) is 0 Å². The Hall–Kier alpha value is -3.55. The molecule has 8 heteroatoms. The predicted molar refractivity (Wildman–Crippen MR) is 97.5 cm³/mol. The average molecular weight is 401 g/mol. The number of benzene rings is 2. The van der Waals surface area contributed by atoms with E-state index in [2.05, 4.69) is 4.98 Å². The summed E-state index contributed by atoms with van der Waals surface area (Å²) in [5.74, 6) is -2.55. The third-order valence-electron chi connectivity index (χ3n) is 4.06. The Kier molecular flexibility index (Phi) is 6.33. The van der Waals surface area contributed by atoms with Gasteiger partial charge >= 0.3 is 11.9 Å². The molecule has 0 N–H and O–H groups in total. The van der Waals surface area contributed by atoms with Gasteiger partial charge in [-0.05, 0) is 12.1 Å². The standard InChI is InChI=1S/C21H17F2NO5/c1-27-21(26)20(13-5-3-2-4-6-13)29-19(25)10-9-18-24-12-17(28-18)15-8-7-14(22)11-16(15)23/h2-8,11-12,20H,9-10H2,1H3. The highest BCUT2D eigenvalue weighted by Crippen LogP contribution is 2.25. The minimum Gasteiger partial charge on any atom is -0.466 e. The van der Waals surface area contributed by atoms with E-state index in [1.807, 2.05) is 0 Å². The minimum absolute atomic E-state index is 0.0579. The van der Waals surface area contributed by atoms with Gasteiger partial charge in [0.15, 0.2) is 11.7 Å². The number of halogens is 2. The quantitative estimate of drug-likeness (QED) is 0.557. The number of carbonyl (C=O) groups is 2.